The minimum Gasteiger partial charge on any atom is -0.456 e. The third-order valence-electron chi connectivity index (χ3n) is 3.03. The van der Waals surface area contributed by atoms with Crippen LogP contribution in [0, 0.1) is 11.3 Å². The van der Waals surface area contributed by atoms with Crippen LogP contribution in [-0.2, 0) is 11.3 Å². The van der Waals surface area contributed by atoms with Crippen molar-refractivity contribution in [3.05, 3.63) is 58.6 Å². The van der Waals surface area contributed by atoms with E-state index in [1.807, 2.05) is 6.07 Å². The topological polar surface area (TPSA) is 71.3 Å². The Morgan fingerprint density at radius 2 is 2.00 bits per heavy atom. The van der Waals surface area contributed by atoms with Crippen molar-refractivity contribution in [2.45, 2.75) is 32.9 Å². The van der Waals surface area contributed by atoms with Gasteiger partial charge in [0.15, 0.2) is 0 Å². The van der Waals surface area contributed by atoms with Gasteiger partial charge in [0.25, 0.3) is 0 Å². The van der Waals surface area contributed by atoms with Crippen LogP contribution >= 0.6 is 11.6 Å². The summed E-state index contributed by atoms with van der Waals surface area (Å²) in [7, 11) is 0. The molecule has 130 valence electrons. The third kappa shape index (κ3) is 6.02. The SMILES string of the molecule is CC(C)(C)OC(=O)NCc1cccc(Oc2cc(Cl)ccc2C#N)c1. The summed E-state index contributed by atoms with van der Waals surface area (Å²) in [6.45, 7) is 5.71. The highest BCUT2D eigenvalue weighted by molar-refractivity contribution is 6.30. The summed E-state index contributed by atoms with van der Waals surface area (Å²) in [5, 5.41) is 12.3. The Kier molecular flexibility index (Phi) is 5.89. The van der Waals surface area contributed by atoms with E-state index in [9.17, 15) is 4.79 Å². The molecule has 0 atom stereocenters. The first-order chi connectivity index (χ1) is 11.8. The highest BCUT2D eigenvalue weighted by Crippen LogP contribution is 2.28. The Bertz CT molecular complexity index is 807. The lowest BCUT2D eigenvalue weighted by atomic mass is 10.2. The van der Waals surface area contributed by atoms with Crippen molar-refractivity contribution in [1.29, 1.82) is 5.26 Å². The molecule has 1 amide bonds. The van der Waals surface area contributed by atoms with E-state index in [0.717, 1.165) is 5.56 Å². The van der Waals surface area contributed by atoms with Crippen molar-refractivity contribution in [1.82, 2.24) is 5.32 Å². The maximum Gasteiger partial charge on any atom is 0.407 e. The van der Waals surface area contributed by atoms with Crippen LogP contribution in [0.1, 0.15) is 31.9 Å². The molecular formula is C19H19ClN2O3. The summed E-state index contributed by atoms with van der Waals surface area (Å²) in [6.07, 6.45) is -0.486. The molecule has 0 radical (unpaired) electrons. The van der Waals surface area contributed by atoms with Crippen LogP contribution in [0.5, 0.6) is 11.5 Å². The zero-order chi connectivity index (χ0) is 18.4. The summed E-state index contributed by atoms with van der Waals surface area (Å²) in [6, 6.07) is 14.1. The number of carbonyl (C=O) groups excluding carboxylic acids is 1. The Morgan fingerprint density at radius 3 is 2.68 bits per heavy atom. The molecule has 1 N–H and O–H groups in total. The minimum atomic E-state index is -0.546. The van der Waals surface area contributed by atoms with Gasteiger partial charge in [-0.05, 0) is 50.6 Å². The van der Waals surface area contributed by atoms with Gasteiger partial charge in [-0.15, -0.1) is 0 Å². The fraction of sp³-hybridized carbons (Fsp3) is 0.263. The summed E-state index contributed by atoms with van der Waals surface area (Å²) < 4.78 is 11.0. The zero-order valence-electron chi connectivity index (χ0n) is 14.3. The molecule has 2 rings (SSSR count). The van der Waals surface area contributed by atoms with E-state index >= 15 is 0 Å². The average molecular weight is 359 g/mol. The number of ether oxygens (including phenoxy) is 2. The van der Waals surface area contributed by atoms with Crippen molar-refractivity contribution >= 4 is 17.7 Å². The van der Waals surface area contributed by atoms with Crippen molar-refractivity contribution in [2.24, 2.45) is 0 Å². The number of halogens is 1. The molecular weight excluding hydrogens is 340 g/mol. The van der Waals surface area contributed by atoms with E-state index in [1.54, 1.807) is 57.2 Å². The van der Waals surface area contributed by atoms with Gasteiger partial charge in [-0.1, -0.05) is 23.7 Å². The van der Waals surface area contributed by atoms with Gasteiger partial charge >= 0.3 is 6.09 Å². The van der Waals surface area contributed by atoms with Gasteiger partial charge in [0, 0.05) is 17.6 Å². The maximum absolute atomic E-state index is 11.7. The number of carbonyl (C=O) groups is 1. The number of hydrogen-bond acceptors (Lipinski definition) is 4. The molecule has 5 nitrogen and oxygen atoms in total. The number of benzene rings is 2. The van der Waals surface area contributed by atoms with Crippen molar-refractivity contribution in [3.8, 4) is 17.6 Å². The molecule has 0 aliphatic heterocycles. The molecule has 2 aromatic rings. The summed E-state index contributed by atoms with van der Waals surface area (Å²) in [5.74, 6) is 0.925. The van der Waals surface area contributed by atoms with Crippen molar-refractivity contribution in [3.63, 3.8) is 0 Å². The van der Waals surface area contributed by atoms with Crippen LogP contribution in [0.15, 0.2) is 42.5 Å². The van der Waals surface area contributed by atoms with Crippen LogP contribution in [0.25, 0.3) is 0 Å². The van der Waals surface area contributed by atoms with E-state index < -0.39 is 11.7 Å². The molecule has 2 aromatic carbocycles. The van der Waals surface area contributed by atoms with E-state index in [1.165, 1.54) is 0 Å². The largest absolute Gasteiger partial charge is 0.456 e. The lowest BCUT2D eigenvalue weighted by molar-refractivity contribution is 0.0523. The smallest absolute Gasteiger partial charge is 0.407 e. The number of hydrogen-bond donors (Lipinski definition) is 1. The van der Waals surface area contributed by atoms with E-state index in [2.05, 4.69) is 11.4 Å². The van der Waals surface area contributed by atoms with Gasteiger partial charge in [0.2, 0.25) is 0 Å². The van der Waals surface area contributed by atoms with Crippen LogP contribution in [-0.4, -0.2) is 11.7 Å². The predicted octanol–water partition coefficient (Wildman–Crippen LogP) is 5.03. The number of nitrogens with one attached hydrogen (secondary N) is 1. The molecule has 0 saturated heterocycles. The Labute approximate surface area is 152 Å². The monoisotopic (exact) mass is 358 g/mol. The highest BCUT2D eigenvalue weighted by atomic mass is 35.5. The van der Waals surface area contributed by atoms with Crippen molar-refractivity contribution < 1.29 is 14.3 Å². The number of amides is 1. The highest BCUT2D eigenvalue weighted by Gasteiger charge is 2.15. The van der Waals surface area contributed by atoms with Gasteiger partial charge in [0.1, 0.15) is 23.2 Å². The Morgan fingerprint density at radius 1 is 1.24 bits per heavy atom. The lowest BCUT2D eigenvalue weighted by Crippen LogP contribution is -2.32. The van der Waals surface area contributed by atoms with E-state index in [-0.39, 0.29) is 0 Å². The first-order valence-electron chi connectivity index (χ1n) is 7.70. The fourth-order valence-corrected chi connectivity index (χ4v) is 2.17. The van der Waals surface area contributed by atoms with Crippen LogP contribution in [0.2, 0.25) is 5.02 Å². The normalized spacial score (nSPS) is 10.7. The van der Waals surface area contributed by atoms with Gasteiger partial charge in [-0.3, -0.25) is 0 Å². The minimum absolute atomic E-state index is 0.298. The maximum atomic E-state index is 11.7. The third-order valence-corrected chi connectivity index (χ3v) is 3.26. The number of rotatable bonds is 4. The van der Waals surface area contributed by atoms with E-state index in [0.29, 0.717) is 28.6 Å². The number of alkyl carbamates (subject to hydrolysis) is 1. The second kappa shape index (κ2) is 7.91. The van der Waals surface area contributed by atoms with Crippen LogP contribution in [0.3, 0.4) is 0 Å². The number of nitriles is 1. The Balaban J connectivity index is 2.06. The molecule has 0 bridgehead atoms. The molecule has 0 fully saturated rings. The Hall–Kier alpha value is -2.71. The first-order valence-corrected chi connectivity index (χ1v) is 8.08. The lowest BCUT2D eigenvalue weighted by Gasteiger charge is -2.19. The van der Waals surface area contributed by atoms with E-state index in [4.69, 9.17) is 26.3 Å². The fourth-order valence-electron chi connectivity index (χ4n) is 2.01. The molecule has 0 heterocycles. The molecule has 0 aromatic heterocycles. The molecule has 25 heavy (non-hydrogen) atoms. The van der Waals surface area contributed by atoms with Gasteiger partial charge in [-0.25, -0.2) is 4.79 Å². The summed E-state index contributed by atoms with van der Waals surface area (Å²) in [5.41, 5.74) is 0.681. The van der Waals surface area contributed by atoms with Gasteiger partial charge in [-0.2, -0.15) is 5.26 Å². The second-order valence-corrected chi connectivity index (χ2v) is 6.79. The predicted molar refractivity (Wildman–Crippen MR) is 95.8 cm³/mol. The molecule has 0 aliphatic rings. The molecule has 0 aliphatic carbocycles. The number of nitrogens with zero attached hydrogens (tertiary/aromatic N) is 1. The molecule has 6 heteroatoms. The summed E-state index contributed by atoms with van der Waals surface area (Å²) in [4.78, 5) is 11.7. The van der Waals surface area contributed by atoms with Gasteiger partial charge in [0.05, 0.1) is 5.56 Å². The standard InChI is InChI=1S/C19H19ClN2O3/c1-19(2,3)25-18(23)22-12-13-5-4-6-16(9-13)24-17-10-15(20)8-7-14(17)11-21/h4-10H,12H2,1-3H3,(H,22,23). The zero-order valence-corrected chi connectivity index (χ0v) is 15.1. The average Bonchev–Trinajstić information content (AvgIpc) is 2.52. The quantitative estimate of drug-likeness (QED) is 0.832. The van der Waals surface area contributed by atoms with Crippen LogP contribution in [0.4, 0.5) is 4.79 Å². The van der Waals surface area contributed by atoms with Gasteiger partial charge < -0.3 is 14.8 Å². The van der Waals surface area contributed by atoms with Crippen LogP contribution < -0.4 is 10.1 Å². The molecule has 0 spiro atoms. The second-order valence-electron chi connectivity index (χ2n) is 6.36. The molecule has 0 saturated carbocycles. The summed E-state index contributed by atoms with van der Waals surface area (Å²) >= 11 is 5.96. The molecule has 0 unspecified atom stereocenters. The first kappa shape index (κ1) is 18.6. The van der Waals surface area contributed by atoms with Crippen molar-refractivity contribution in [2.75, 3.05) is 0 Å².